The average Bonchev–Trinajstić information content (AvgIpc) is 2.49. The quantitative estimate of drug-likeness (QED) is 0.411. The lowest BCUT2D eigenvalue weighted by Gasteiger charge is -2.42. The van der Waals surface area contributed by atoms with Crippen molar-refractivity contribution in [3.63, 3.8) is 0 Å². The third-order valence-electron chi connectivity index (χ3n) is 4.27. The lowest BCUT2D eigenvalue weighted by atomic mass is 9.99. The number of carbonyl (C=O) groups is 2. The van der Waals surface area contributed by atoms with E-state index in [4.69, 9.17) is 14.2 Å². The van der Waals surface area contributed by atoms with Gasteiger partial charge < -0.3 is 14.2 Å². The number of carbonyl (C=O) groups excluding carboxylic acids is 2. The summed E-state index contributed by atoms with van der Waals surface area (Å²) in [4.78, 5) is 26.8. The van der Waals surface area contributed by atoms with Crippen LogP contribution >= 0.6 is 0 Å². The fraction of sp³-hybridized carbons (Fsp3) is 0.846. The maximum absolute atomic E-state index is 12.5. The monoisotopic (exact) mass is 288 g/mol. The number of hydrogen-bond donors (Lipinski definition) is 2. The Balaban J connectivity index is 2.37. The van der Waals surface area contributed by atoms with E-state index in [9.17, 15) is 9.59 Å². The first-order valence-corrected chi connectivity index (χ1v) is 7.09. The number of esters is 1. The minimum atomic E-state index is -1.18. The van der Waals surface area contributed by atoms with Crippen LogP contribution in [0.25, 0.3) is 0 Å². The molecule has 0 atom stereocenters. The maximum Gasteiger partial charge on any atom is 0.437 e. The minimum Gasteiger partial charge on any atom is -0.459 e. The second kappa shape index (κ2) is 6.62. The molecule has 7 heteroatoms. The molecule has 0 aromatic heterocycles. The molecular weight excluding hydrogens is 264 g/mol. The molecule has 2 rings (SSSR count). The molecule has 2 aliphatic rings. The summed E-state index contributed by atoms with van der Waals surface area (Å²) >= 11 is 0. The molecule has 0 radical (unpaired) electrons. The van der Waals surface area contributed by atoms with Gasteiger partial charge >= 0.3 is 11.6 Å². The number of methoxy groups -OCH3 is 1. The van der Waals surface area contributed by atoms with Gasteiger partial charge in [0.2, 0.25) is 0 Å². The summed E-state index contributed by atoms with van der Waals surface area (Å²) in [6.45, 7) is 6.28. The van der Waals surface area contributed by atoms with Crippen molar-refractivity contribution in [2.45, 2.75) is 12.6 Å². The molecule has 2 saturated heterocycles. The predicted molar refractivity (Wildman–Crippen MR) is 68.5 cm³/mol. The van der Waals surface area contributed by atoms with Gasteiger partial charge in [0.25, 0.3) is 5.78 Å². The molecule has 0 aromatic carbocycles. The van der Waals surface area contributed by atoms with Crippen LogP contribution in [0.5, 0.6) is 0 Å². The largest absolute Gasteiger partial charge is 0.459 e. The molecule has 0 aliphatic carbocycles. The van der Waals surface area contributed by atoms with E-state index in [1.807, 2.05) is 0 Å². The van der Waals surface area contributed by atoms with Crippen LogP contribution in [-0.2, 0) is 23.8 Å². The highest BCUT2D eigenvalue weighted by Gasteiger charge is 2.63. The highest BCUT2D eigenvalue weighted by Crippen LogP contribution is 2.00. The molecule has 2 N–H and O–H groups in total. The highest BCUT2D eigenvalue weighted by molar-refractivity contribution is 6.03. The van der Waals surface area contributed by atoms with E-state index in [1.54, 1.807) is 0 Å². The van der Waals surface area contributed by atoms with Crippen molar-refractivity contribution >= 4 is 11.8 Å². The second-order valence-corrected chi connectivity index (χ2v) is 5.23. The van der Waals surface area contributed by atoms with E-state index in [0.29, 0.717) is 52.6 Å². The van der Waals surface area contributed by atoms with Crippen LogP contribution in [0.15, 0.2) is 0 Å². The van der Waals surface area contributed by atoms with E-state index in [-0.39, 0.29) is 5.78 Å². The molecule has 0 unspecified atom stereocenters. The molecule has 114 valence electrons. The summed E-state index contributed by atoms with van der Waals surface area (Å²) in [7, 11) is 1.35. The van der Waals surface area contributed by atoms with Crippen LogP contribution in [0.1, 0.15) is 6.92 Å². The van der Waals surface area contributed by atoms with Gasteiger partial charge in [-0.05, 0) is 0 Å². The lowest BCUT2D eigenvalue weighted by Crippen LogP contribution is -3.45. The topological polar surface area (TPSA) is 70.7 Å². The first-order chi connectivity index (χ1) is 9.64. The number of Topliss-reactive ketones (excluding diaryl/α,β-unsaturated/α-hetero) is 1. The zero-order valence-electron chi connectivity index (χ0n) is 12.2. The molecule has 7 nitrogen and oxygen atoms in total. The standard InChI is InChI=1S/C13H22N2O5/c1-11(16)13(12(17)18-2,14-3-7-19-8-4-14)15-5-9-20-10-6-15/h3-10H2,1-2H3/p+2. The van der Waals surface area contributed by atoms with Gasteiger partial charge in [0.15, 0.2) is 0 Å². The summed E-state index contributed by atoms with van der Waals surface area (Å²) in [5.74, 6) is -0.586. The number of ether oxygens (including phenoxy) is 3. The van der Waals surface area contributed by atoms with E-state index >= 15 is 0 Å². The Morgan fingerprint density at radius 3 is 1.65 bits per heavy atom. The van der Waals surface area contributed by atoms with Crippen LogP contribution < -0.4 is 9.80 Å². The minimum absolute atomic E-state index is 0.141. The van der Waals surface area contributed by atoms with Gasteiger partial charge in [-0.2, -0.15) is 0 Å². The molecule has 2 aliphatic heterocycles. The third kappa shape index (κ3) is 2.58. The fourth-order valence-electron chi connectivity index (χ4n) is 3.32. The summed E-state index contributed by atoms with van der Waals surface area (Å²) in [6, 6.07) is 0. The Kier molecular flexibility index (Phi) is 5.09. The summed E-state index contributed by atoms with van der Waals surface area (Å²) in [6.07, 6.45) is 0. The van der Waals surface area contributed by atoms with Crippen LogP contribution in [0.2, 0.25) is 0 Å². The van der Waals surface area contributed by atoms with Gasteiger partial charge in [-0.25, -0.2) is 4.79 Å². The summed E-state index contributed by atoms with van der Waals surface area (Å²) in [5, 5.41) is 0. The smallest absolute Gasteiger partial charge is 0.437 e. The SMILES string of the molecule is COC(=O)C(C(C)=O)([NH+]1CCOCC1)[NH+]1CCOCC1. The Labute approximate surface area is 118 Å². The Morgan fingerprint density at radius 2 is 1.35 bits per heavy atom. The number of ketones is 1. The molecule has 2 heterocycles. The number of nitrogens with one attached hydrogen (secondary N) is 2. The predicted octanol–water partition coefficient (Wildman–Crippen LogP) is -3.73. The molecule has 0 amide bonds. The Bertz CT molecular complexity index is 344. The molecule has 20 heavy (non-hydrogen) atoms. The molecule has 0 spiro atoms. The van der Waals surface area contributed by atoms with E-state index in [2.05, 4.69) is 0 Å². The van der Waals surface area contributed by atoms with E-state index in [1.165, 1.54) is 14.0 Å². The number of quaternary nitrogens is 2. The Morgan fingerprint density at radius 1 is 0.950 bits per heavy atom. The highest BCUT2D eigenvalue weighted by atomic mass is 16.5. The Hall–Kier alpha value is -1.02. The van der Waals surface area contributed by atoms with E-state index in [0.717, 1.165) is 9.80 Å². The number of rotatable bonds is 4. The number of hydrogen-bond acceptors (Lipinski definition) is 5. The van der Waals surface area contributed by atoms with Crippen molar-refractivity contribution < 1.29 is 33.6 Å². The van der Waals surface area contributed by atoms with Crippen molar-refractivity contribution in [1.29, 1.82) is 0 Å². The van der Waals surface area contributed by atoms with Crippen molar-refractivity contribution in [2.75, 3.05) is 59.7 Å². The molecule has 0 saturated carbocycles. The van der Waals surface area contributed by atoms with Gasteiger partial charge in [-0.3, -0.25) is 14.6 Å². The second-order valence-electron chi connectivity index (χ2n) is 5.23. The third-order valence-corrected chi connectivity index (χ3v) is 4.27. The van der Waals surface area contributed by atoms with Crippen molar-refractivity contribution in [2.24, 2.45) is 0 Å². The van der Waals surface area contributed by atoms with Gasteiger partial charge in [-0.15, -0.1) is 0 Å². The fourth-order valence-corrected chi connectivity index (χ4v) is 3.32. The van der Waals surface area contributed by atoms with Gasteiger partial charge in [0, 0.05) is 6.92 Å². The summed E-state index contributed by atoms with van der Waals surface area (Å²) < 4.78 is 15.7. The van der Waals surface area contributed by atoms with Gasteiger partial charge in [0.1, 0.15) is 26.2 Å². The van der Waals surface area contributed by atoms with Crippen LogP contribution in [0.4, 0.5) is 0 Å². The zero-order valence-corrected chi connectivity index (χ0v) is 12.2. The molecule has 0 aromatic rings. The maximum atomic E-state index is 12.5. The van der Waals surface area contributed by atoms with Crippen molar-refractivity contribution in [1.82, 2.24) is 0 Å². The first-order valence-electron chi connectivity index (χ1n) is 7.09. The van der Waals surface area contributed by atoms with Gasteiger partial charge in [-0.1, -0.05) is 0 Å². The van der Waals surface area contributed by atoms with E-state index < -0.39 is 11.6 Å². The van der Waals surface area contributed by atoms with Gasteiger partial charge in [0.05, 0.1) is 33.5 Å². The van der Waals surface area contributed by atoms with Crippen LogP contribution in [0, 0.1) is 0 Å². The molecule has 2 fully saturated rings. The average molecular weight is 288 g/mol. The first kappa shape index (κ1) is 15.4. The molecule has 0 bridgehead atoms. The van der Waals surface area contributed by atoms with Crippen LogP contribution in [0.3, 0.4) is 0 Å². The lowest BCUT2D eigenvalue weighted by molar-refractivity contribution is -1.13. The van der Waals surface area contributed by atoms with Crippen molar-refractivity contribution in [3.05, 3.63) is 0 Å². The molecular formula is C13H24N2O5+2. The van der Waals surface area contributed by atoms with Crippen LogP contribution in [-0.4, -0.2) is 77.1 Å². The zero-order chi connectivity index (χ0) is 14.6. The summed E-state index contributed by atoms with van der Waals surface area (Å²) in [5.41, 5.74) is -1.18. The van der Waals surface area contributed by atoms with Crippen molar-refractivity contribution in [3.8, 4) is 0 Å². The normalized spacial score (nSPS) is 22.5. The number of morpholine rings is 2.